The quantitative estimate of drug-likeness (QED) is 0.209. The van der Waals surface area contributed by atoms with Crippen LogP contribution in [0.25, 0.3) is 48.7 Å². The van der Waals surface area contributed by atoms with Crippen molar-refractivity contribution in [3.8, 4) is 0 Å². The molecule has 0 atom stereocenters. The third-order valence-electron chi connectivity index (χ3n) is 0. The van der Waals surface area contributed by atoms with Crippen LogP contribution in [-0.2, 0) is 32.7 Å². The van der Waals surface area contributed by atoms with Crippen LogP contribution in [0.4, 0.5) is 0 Å². The van der Waals surface area contributed by atoms with Gasteiger partial charge in [0.25, 0.3) is 0 Å². The van der Waals surface area contributed by atoms with E-state index in [1.165, 1.54) is 46.5 Å². The first-order valence-electron chi connectivity index (χ1n) is 3.85. The molecule has 29 heavy (non-hydrogen) atoms. The van der Waals surface area contributed by atoms with Gasteiger partial charge in [0.2, 0.25) is 0 Å². The molecule has 0 bridgehead atoms. The summed E-state index contributed by atoms with van der Waals surface area (Å²) in [6.45, 7) is 0. The molecule has 0 amide bonds. The van der Waals surface area contributed by atoms with Crippen molar-refractivity contribution in [1.82, 2.24) is 0 Å². The van der Waals surface area contributed by atoms with Gasteiger partial charge in [0.15, 0.2) is 0 Å². The van der Waals surface area contributed by atoms with Crippen molar-refractivity contribution in [1.29, 1.82) is 0 Å². The van der Waals surface area contributed by atoms with Gasteiger partial charge in [-0.2, -0.15) is 46.5 Å². The summed E-state index contributed by atoms with van der Waals surface area (Å²) in [4.78, 5) is 0. The van der Waals surface area contributed by atoms with Gasteiger partial charge < -0.3 is 48.7 Å². The first-order valence-corrected chi connectivity index (χ1v) is 7.52. The van der Waals surface area contributed by atoms with E-state index in [2.05, 4.69) is 110 Å². The van der Waals surface area contributed by atoms with Crippen molar-refractivity contribution in [2.75, 3.05) is 0 Å². The van der Waals surface area contributed by atoms with E-state index in [4.69, 9.17) is 48.7 Å². The van der Waals surface area contributed by atoms with Crippen molar-refractivity contribution < 1.29 is 63.8 Å². The zero-order valence-electron chi connectivity index (χ0n) is 13.3. The van der Waals surface area contributed by atoms with Crippen molar-refractivity contribution in [3.63, 3.8) is 0 Å². The minimum absolute atomic E-state index is 0. The Morgan fingerprint density at radius 1 is 0.276 bits per heavy atom. The third kappa shape index (κ3) is 156000. The average molecular weight is 850 g/mol. The number of hydrogen-bond donors (Lipinski definition) is 0. The van der Waals surface area contributed by atoms with Crippen LogP contribution >= 0.6 is 110 Å². The van der Waals surface area contributed by atoms with Gasteiger partial charge in [0.1, 0.15) is 0 Å². The van der Waals surface area contributed by atoms with E-state index in [1.807, 2.05) is 0 Å². The number of nitrogens with zero attached hydrogens (tertiary/aromatic N) is 9. The van der Waals surface area contributed by atoms with Crippen LogP contribution in [0.5, 0.6) is 0 Å². The monoisotopic (exact) mass is 849 g/mol. The second kappa shape index (κ2) is 242. The molecule has 0 saturated heterocycles. The fraction of sp³-hybridized carbons (Fsp3) is 0. The molecule has 0 heterocycles. The van der Waals surface area contributed by atoms with Crippen molar-refractivity contribution >= 4 is 156 Å². The molecule has 20 heteroatoms. The Kier molecular flexibility index (Phi) is 586. The smallest absolute Gasteiger partial charge is 0.753 e. The predicted molar refractivity (Wildman–Crippen MR) is 144 cm³/mol. The van der Waals surface area contributed by atoms with Crippen LogP contribution in [0.3, 0.4) is 0 Å². The predicted octanol–water partition coefficient (Wildman–Crippen LogP) is 5.92. The Hall–Kier alpha value is 0.356. The van der Waals surface area contributed by atoms with Crippen LogP contribution in [0.15, 0.2) is 0 Å². The van der Waals surface area contributed by atoms with Crippen LogP contribution in [0.2, 0.25) is 0 Å². The SMILES string of the molecule is [N-]=C=S.[N-]=C=S.[N-]=C=S.[N-]=C=S.[N-]=C=S.[N-]=C=S.[N-]=C=S.[N-]=C=S.[N-]=C=S.[U].[Y+3]. The number of rotatable bonds is 0. The van der Waals surface area contributed by atoms with Crippen molar-refractivity contribution in [2.45, 2.75) is 0 Å². The average Bonchev–Trinajstić information content (AvgIpc) is 2.53. The summed E-state index contributed by atoms with van der Waals surface area (Å²) in [6, 6.07) is 0. The molecule has 0 aliphatic carbocycles. The van der Waals surface area contributed by atoms with E-state index in [0.717, 1.165) is 0 Å². The third-order valence-corrected chi connectivity index (χ3v) is 0. The molecule has 0 aromatic rings. The second-order valence-electron chi connectivity index (χ2n) is 0.822. The van der Waals surface area contributed by atoms with Gasteiger partial charge in [-0.15, -0.1) is 0 Å². The van der Waals surface area contributed by atoms with Crippen molar-refractivity contribution in [3.05, 3.63) is 48.7 Å². The van der Waals surface area contributed by atoms with E-state index in [-0.39, 0.29) is 63.8 Å². The molecule has 0 unspecified atom stereocenters. The Labute approximate surface area is 264 Å². The van der Waals surface area contributed by atoms with Crippen LogP contribution < -0.4 is 0 Å². The first-order chi connectivity index (χ1) is 12.7. The Balaban J connectivity index is -0.0000000138. The largest absolute Gasteiger partial charge is 3.00 e. The van der Waals surface area contributed by atoms with E-state index >= 15 is 0 Å². The molecule has 0 fully saturated rings. The fourth-order valence-corrected chi connectivity index (χ4v) is 0. The van der Waals surface area contributed by atoms with Gasteiger partial charge in [0, 0.05) is 31.1 Å². The molecule has 148 valence electrons. The van der Waals surface area contributed by atoms with E-state index in [0.29, 0.717) is 0 Å². The van der Waals surface area contributed by atoms with Crippen LogP contribution in [0.1, 0.15) is 0 Å². The van der Waals surface area contributed by atoms with Crippen LogP contribution in [-0.4, -0.2) is 46.5 Å². The number of isothiocyanates is 9. The zero-order chi connectivity index (χ0) is 24.4. The van der Waals surface area contributed by atoms with E-state index in [9.17, 15) is 0 Å². The molecule has 0 N–H and O–H groups in total. The van der Waals surface area contributed by atoms with Crippen LogP contribution in [0, 0.1) is 31.1 Å². The summed E-state index contributed by atoms with van der Waals surface area (Å²) in [5, 5.41) is 76.2. The molecule has 0 radical (unpaired) electrons. The number of hydrogen-bond acceptors (Lipinski definition) is 9. The van der Waals surface area contributed by atoms with Gasteiger partial charge in [-0.3, -0.25) is 0 Å². The Bertz CT molecular complexity index is 416. The van der Waals surface area contributed by atoms with E-state index in [1.54, 1.807) is 0 Å². The number of thiocarbonyl (C=S) groups is 9. The van der Waals surface area contributed by atoms with Crippen molar-refractivity contribution in [2.24, 2.45) is 0 Å². The topological polar surface area (TPSA) is 201 Å². The molecule has 0 aromatic carbocycles. The van der Waals surface area contributed by atoms with Gasteiger partial charge in [0.05, 0.1) is 0 Å². The minimum Gasteiger partial charge on any atom is -0.753 e. The van der Waals surface area contributed by atoms with Gasteiger partial charge in [-0.1, -0.05) is 110 Å². The Morgan fingerprint density at radius 3 is 0.276 bits per heavy atom. The van der Waals surface area contributed by atoms with Gasteiger partial charge in [-0.25, -0.2) is 0 Å². The molecule has 0 spiro atoms. The molecule has 0 aliphatic rings. The molecule has 0 aromatic heterocycles. The van der Waals surface area contributed by atoms with E-state index < -0.39 is 0 Å². The Morgan fingerprint density at radius 2 is 0.276 bits per heavy atom. The zero-order valence-corrected chi connectivity index (χ0v) is 27.6. The summed E-state index contributed by atoms with van der Waals surface area (Å²) in [7, 11) is 0. The summed E-state index contributed by atoms with van der Waals surface area (Å²) in [5.74, 6) is 0. The van der Waals surface area contributed by atoms with Gasteiger partial charge >= 0.3 is 32.7 Å². The summed E-state index contributed by atoms with van der Waals surface area (Å²) in [6.07, 6.45) is 0. The maximum atomic E-state index is 7.13. The molecule has 0 saturated carbocycles. The summed E-state index contributed by atoms with van der Waals surface area (Å²) in [5.41, 5.74) is 0. The molecule has 0 rings (SSSR count). The summed E-state index contributed by atoms with van der Waals surface area (Å²) >= 11 is 33.3. The molecular weight excluding hydrogens is 850 g/mol. The maximum Gasteiger partial charge on any atom is 3.00 e. The molecule has 9 nitrogen and oxygen atoms in total. The standard InChI is InChI=1S/9CNS.U.Y/c9*2-1-3;;/q9*-1;;+3. The maximum absolute atomic E-state index is 7.13. The normalized spacial score (nSPS) is 2.48. The summed E-state index contributed by atoms with van der Waals surface area (Å²) < 4.78 is 0. The fourth-order valence-electron chi connectivity index (χ4n) is 0. The second-order valence-corrected chi connectivity index (χ2v) is 2.46. The first kappa shape index (κ1) is 70.1. The molecule has 0 aliphatic heterocycles. The minimum atomic E-state index is 0. The molecular formula is C9N9S9UY-6. The van der Waals surface area contributed by atoms with Gasteiger partial charge in [-0.05, 0) is 0 Å².